The lowest BCUT2D eigenvalue weighted by Crippen LogP contribution is -2.36. The highest BCUT2D eigenvalue weighted by atomic mass is 35.5. The van der Waals surface area contributed by atoms with Crippen molar-refractivity contribution < 1.29 is 14.0 Å². The predicted molar refractivity (Wildman–Crippen MR) is 123 cm³/mol. The van der Waals surface area contributed by atoms with Gasteiger partial charge in [-0.25, -0.2) is 4.98 Å². The first-order chi connectivity index (χ1) is 15.6. The molecule has 7 heteroatoms. The largest absolute Gasteiger partial charge is 0.440 e. The Kier molecular flexibility index (Phi) is 5.70. The van der Waals surface area contributed by atoms with Gasteiger partial charge in [0.25, 0.3) is 11.8 Å². The fourth-order valence-corrected chi connectivity index (χ4v) is 4.25. The van der Waals surface area contributed by atoms with E-state index in [0.717, 1.165) is 50.8 Å². The van der Waals surface area contributed by atoms with E-state index in [2.05, 4.69) is 10.3 Å². The Balaban J connectivity index is 1.45. The van der Waals surface area contributed by atoms with Gasteiger partial charge in [-0.3, -0.25) is 9.59 Å². The van der Waals surface area contributed by atoms with E-state index in [0.29, 0.717) is 27.9 Å². The molecule has 1 saturated carbocycles. The van der Waals surface area contributed by atoms with Gasteiger partial charge in [0.05, 0.1) is 11.3 Å². The Bertz CT molecular complexity index is 1150. The number of benzene rings is 2. The SMILES string of the molecule is O=C(Nc1cc(Cl)ccc1C(=O)N1CCCCC1)c1nc(-c2ccccc2)oc1C1CC1. The van der Waals surface area contributed by atoms with Gasteiger partial charge in [-0.2, -0.15) is 0 Å². The van der Waals surface area contributed by atoms with Crippen LogP contribution in [0.25, 0.3) is 11.5 Å². The zero-order chi connectivity index (χ0) is 22.1. The number of hydrogen-bond acceptors (Lipinski definition) is 4. The van der Waals surface area contributed by atoms with Gasteiger partial charge in [-0.05, 0) is 62.4 Å². The molecule has 2 fully saturated rings. The molecule has 32 heavy (non-hydrogen) atoms. The number of nitrogens with zero attached hydrogens (tertiary/aromatic N) is 2. The van der Waals surface area contributed by atoms with E-state index in [1.165, 1.54) is 0 Å². The number of oxazole rings is 1. The van der Waals surface area contributed by atoms with Crippen LogP contribution in [-0.4, -0.2) is 34.8 Å². The minimum Gasteiger partial charge on any atom is -0.440 e. The summed E-state index contributed by atoms with van der Waals surface area (Å²) >= 11 is 6.20. The summed E-state index contributed by atoms with van der Waals surface area (Å²) in [6.45, 7) is 1.45. The molecule has 1 N–H and O–H groups in total. The van der Waals surface area contributed by atoms with Crippen molar-refractivity contribution >= 4 is 29.1 Å². The van der Waals surface area contributed by atoms with Crippen molar-refractivity contribution in [2.24, 2.45) is 0 Å². The van der Waals surface area contributed by atoms with Gasteiger partial charge < -0.3 is 14.6 Å². The van der Waals surface area contributed by atoms with Crippen molar-refractivity contribution in [2.45, 2.75) is 38.0 Å². The quantitative estimate of drug-likeness (QED) is 0.538. The molecule has 2 aliphatic rings. The molecular formula is C25H24ClN3O3. The lowest BCUT2D eigenvalue weighted by Gasteiger charge is -2.27. The Morgan fingerprint density at radius 2 is 1.78 bits per heavy atom. The molecule has 0 bridgehead atoms. The number of amides is 2. The van der Waals surface area contributed by atoms with E-state index in [9.17, 15) is 9.59 Å². The first kappa shape index (κ1) is 20.8. The molecule has 1 aliphatic carbocycles. The Labute approximate surface area is 191 Å². The maximum Gasteiger partial charge on any atom is 0.277 e. The third-order valence-corrected chi connectivity index (χ3v) is 6.18. The lowest BCUT2D eigenvalue weighted by molar-refractivity contribution is 0.0725. The maximum absolute atomic E-state index is 13.3. The summed E-state index contributed by atoms with van der Waals surface area (Å²) < 4.78 is 6.01. The number of anilines is 1. The molecule has 5 rings (SSSR count). The first-order valence-corrected chi connectivity index (χ1v) is 11.4. The fourth-order valence-electron chi connectivity index (χ4n) is 4.08. The molecule has 164 valence electrons. The van der Waals surface area contributed by atoms with Gasteiger partial charge >= 0.3 is 0 Å². The van der Waals surface area contributed by atoms with Crippen LogP contribution in [0.15, 0.2) is 52.9 Å². The van der Waals surface area contributed by atoms with Crippen LogP contribution >= 0.6 is 11.6 Å². The van der Waals surface area contributed by atoms with Gasteiger partial charge in [0.2, 0.25) is 5.89 Å². The zero-order valence-electron chi connectivity index (χ0n) is 17.6. The second-order valence-corrected chi connectivity index (χ2v) is 8.81. The van der Waals surface area contributed by atoms with Crippen LogP contribution < -0.4 is 5.32 Å². The minimum absolute atomic E-state index is 0.0933. The van der Waals surface area contributed by atoms with Crippen LogP contribution in [0.5, 0.6) is 0 Å². The normalized spacial score (nSPS) is 16.1. The zero-order valence-corrected chi connectivity index (χ0v) is 18.4. The van der Waals surface area contributed by atoms with Crippen molar-refractivity contribution in [2.75, 3.05) is 18.4 Å². The van der Waals surface area contributed by atoms with E-state index in [-0.39, 0.29) is 17.5 Å². The third kappa shape index (κ3) is 4.28. The number of likely N-dealkylation sites (tertiary alicyclic amines) is 1. The van der Waals surface area contributed by atoms with Crippen molar-refractivity contribution in [3.05, 3.63) is 70.6 Å². The van der Waals surface area contributed by atoms with Crippen molar-refractivity contribution in [3.8, 4) is 11.5 Å². The third-order valence-electron chi connectivity index (χ3n) is 5.94. The number of rotatable bonds is 5. The Morgan fingerprint density at radius 1 is 1.03 bits per heavy atom. The molecule has 2 heterocycles. The van der Waals surface area contributed by atoms with Gasteiger partial charge in [0.1, 0.15) is 5.76 Å². The van der Waals surface area contributed by atoms with E-state index in [4.69, 9.17) is 16.0 Å². The number of piperidine rings is 1. The van der Waals surface area contributed by atoms with Crippen LogP contribution in [0.3, 0.4) is 0 Å². The molecule has 1 aliphatic heterocycles. The molecule has 6 nitrogen and oxygen atoms in total. The number of carbonyl (C=O) groups excluding carboxylic acids is 2. The average Bonchev–Trinajstić information content (AvgIpc) is 3.57. The summed E-state index contributed by atoms with van der Waals surface area (Å²) in [7, 11) is 0. The molecule has 0 spiro atoms. The van der Waals surface area contributed by atoms with Crippen molar-refractivity contribution in [3.63, 3.8) is 0 Å². The Morgan fingerprint density at radius 3 is 2.50 bits per heavy atom. The fraction of sp³-hybridized carbons (Fsp3) is 0.320. The average molecular weight is 450 g/mol. The van der Waals surface area contributed by atoms with Crippen molar-refractivity contribution in [1.29, 1.82) is 0 Å². The van der Waals surface area contributed by atoms with Crippen LogP contribution in [0.1, 0.15) is 64.6 Å². The predicted octanol–water partition coefficient (Wildman–Crippen LogP) is 5.75. The molecule has 0 unspecified atom stereocenters. The van der Waals surface area contributed by atoms with Gasteiger partial charge in [0, 0.05) is 29.6 Å². The summed E-state index contributed by atoms with van der Waals surface area (Å²) in [5, 5.41) is 3.33. The summed E-state index contributed by atoms with van der Waals surface area (Å²) in [6, 6.07) is 14.5. The molecule has 0 radical (unpaired) electrons. The van der Waals surface area contributed by atoms with E-state index in [1.54, 1.807) is 18.2 Å². The second-order valence-electron chi connectivity index (χ2n) is 8.37. The van der Waals surface area contributed by atoms with Crippen LogP contribution in [0.2, 0.25) is 5.02 Å². The van der Waals surface area contributed by atoms with Crippen LogP contribution in [-0.2, 0) is 0 Å². The minimum atomic E-state index is -0.396. The van der Waals surface area contributed by atoms with Gasteiger partial charge in [-0.1, -0.05) is 29.8 Å². The molecule has 3 aromatic rings. The summed E-state index contributed by atoms with van der Waals surface area (Å²) in [4.78, 5) is 32.7. The summed E-state index contributed by atoms with van der Waals surface area (Å²) in [5.41, 5.74) is 1.91. The molecule has 2 aromatic carbocycles. The number of hydrogen-bond donors (Lipinski definition) is 1. The molecule has 1 saturated heterocycles. The number of aromatic nitrogens is 1. The molecular weight excluding hydrogens is 426 g/mol. The van der Waals surface area contributed by atoms with Gasteiger partial charge in [0.15, 0.2) is 5.69 Å². The highest BCUT2D eigenvalue weighted by Gasteiger charge is 2.34. The van der Waals surface area contributed by atoms with Crippen LogP contribution in [0, 0.1) is 0 Å². The smallest absolute Gasteiger partial charge is 0.277 e. The first-order valence-electron chi connectivity index (χ1n) is 11.1. The number of nitrogens with one attached hydrogen (secondary N) is 1. The van der Waals surface area contributed by atoms with E-state index < -0.39 is 5.91 Å². The second kappa shape index (κ2) is 8.79. The molecule has 0 atom stereocenters. The summed E-state index contributed by atoms with van der Waals surface area (Å²) in [5.74, 6) is 0.743. The highest BCUT2D eigenvalue weighted by molar-refractivity contribution is 6.31. The maximum atomic E-state index is 13.3. The topological polar surface area (TPSA) is 75.4 Å². The lowest BCUT2D eigenvalue weighted by atomic mass is 10.1. The van der Waals surface area contributed by atoms with Gasteiger partial charge in [-0.15, -0.1) is 0 Å². The summed E-state index contributed by atoms with van der Waals surface area (Å²) in [6.07, 6.45) is 5.06. The highest BCUT2D eigenvalue weighted by Crippen LogP contribution is 2.43. The molecule has 2 amide bonds. The Hall–Kier alpha value is -3.12. The molecule has 1 aromatic heterocycles. The number of carbonyl (C=O) groups is 2. The van der Waals surface area contributed by atoms with Crippen molar-refractivity contribution in [1.82, 2.24) is 9.88 Å². The van der Waals surface area contributed by atoms with E-state index in [1.807, 2.05) is 35.2 Å². The monoisotopic (exact) mass is 449 g/mol. The van der Waals surface area contributed by atoms with E-state index >= 15 is 0 Å². The standard InChI is InChI=1S/C25H24ClN3O3/c26-18-11-12-19(25(31)29-13-5-2-6-14-29)20(15-18)27-23(30)21-22(16-9-10-16)32-24(28-21)17-7-3-1-4-8-17/h1,3-4,7-8,11-12,15-16H,2,5-6,9-10,13-14H2,(H,27,30). The number of halogens is 1. The van der Waals surface area contributed by atoms with Crippen LogP contribution in [0.4, 0.5) is 5.69 Å².